The number of aliphatic carboxylic acids is 1. The molecule has 1 heterocycles. The van der Waals surface area contributed by atoms with Crippen molar-refractivity contribution in [1.29, 1.82) is 0 Å². The smallest absolute Gasteiger partial charge is 0.326 e. The number of carbonyl (C=O) groups is 2. The second-order valence-corrected chi connectivity index (χ2v) is 4.78. The van der Waals surface area contributed by atoms with E-state index in [1.807, 2.05) is 13.8 Å². The van der Waals surface area contributed by atoms with Gasteiger partial charge in [0.15, 0.2) is 0 Å². The van der Waals surface area contributed by atoms with Crippen LogP contribution in [0.5, 0.6) is 0 Å². The minimum Gasteiger partial charge on any atom is -0.480 e. The van der Waals surface area contributed by atoms with Gasteiger partial charge in [-0.3, -0.25) is 0 Å². The normalized spacial score (nSPS) is 12.2. The molecule has 1 aromatic heterocycles. The summed E-state index contributed by atoms with van der Waals surface area (Å²) in [6.45, 7) is 5.73. The van der Waals surface area contributed by atoms with Crippen molar-refractivity contribution in [2.45, 2.75) is 39.8 Å². The van der Waals surface area contributed by atoms with E-state index in [1.54, 1.807) is 13.0 Å². The van der Waals surface area contributed by atoms with Crippen molar-refractivity contribution in [3.8, 4) is 0 Å². The van der Waals surface area contributed by atoms with Gasteiger partial charge < -0.3 is 20.3 Å². The van der Waals surface area contributed by atoms with Gasteiger partial charge in [0.2, 0.25) is 0 Å². The zero-order valence-electron chi connectivity index (χ0n) is 11.3. The maximum absolute atomic E-state index is 11.6. The van der Waals surface area contributed by atoms with Crippen LogP contribution < -0.4 is 10.6 Å². The van der Waals surface area contributed by atoms with Crippen molar-refractivity contribution in [2.75, 3.05) is 0 Å². The van der Waals surface area contributed by atoms with Gasteiger partial charge in [-0.15, -0.1) is 0 Å². The number of aryl methyl sites for hydroxylation is 1. The van der Waals surface area contributed by atoms with Crippen LogP contribution in [0.25, 0.3) is 0 Å². The molecule has 1 atom stereocenters. The minimum absolute atomic E-state index is 0.180. The van der Waals surface area contributed by atoms with Gasteiger partial charge >= 0.3 is 12.0 Å². The summed E-state index contributed by atoms with van der Waals surface area (Å²) < 4.78 is 4.85. The van der Waals surface area contributed by atoms with Gasteiger partial charge in [0.05, 0.1) is 6.54 Å². The van der Waals surface area contributed by atoms with Crippen molar-refractivity contribution in [3.63, 3.8) is 0 Å². The Bertz CT molecular complexity index is 442. The fraction of sp³-hybridized carbons (Fsp3) is 0.583. The fourth-order valence-electron chi connectivity index (χ4n) is 1.57. The number of hydrogen-bond acceptors (Lipinski definition) is 4. The molecule has 7 nitrogen and oxygen atoms in total. The number of hydrogen-bond donors (Lipinski definition) is 3. The first kappa shape index (κ1) is 15.0. The van der Waals surface area contributed by atoms with Crippen molar-refractivity contribution >= 4 is 12.0 Å². The molecule has 106 valence electrons. The van der Waals surface area contributed by atoms with Crippen LogP contribution in [0.2, 0.25) is 0 Å². The molecule has 0 radical (unpaired) electrons. The number of aromatic nitrogens is 1. The highest BCUT2D eigenvalue weighted by atomic mass is 16.5. The molecule has 0 saturated carbocycles. The Balaban J connectivity index is 2.42. The summed E-state index contributed by atoms with van der Waals surface area (Å²) >= 11 is 0. The number of urea groups is 1. The Hall–Kier alpha value is -2.05. The molecule has 0 aliphatic rings. The Labute approximate surface area is 111 Å². The monoisotopic (exact) mass is 269 g/mol. The standard InChI is InChI=1S/C12H19N3O4/c1-7(2)4-10(11(16)17)14-12(18)13-6-9-5-8(3)19-15-9/h5,7,10H,4,6H2,1-3H3,(H,16,17)(H2,13,14,18)/t10-/m1/s1. The first-order chi connectivity index (χ1) is 8.88. The number of carbonyl (C=O) groups excluding carboxylic acids is 1. The van der Waals surface area contributed by atoms with Crippen molar-refractivity contribution in [2.24, 2.45) is 5.92 Å². The third-order valence-corrected chi connectivity index (χ3v) is 2.42. The summed E-state index contributed by atoms with van der Waals surface area (Å²) in [5.74, 6) is -0.207. The van der Waals surface area contributed by atoms with E-state index in [1.165, 1.54) is 0 Å². The molecule has 1 rings (SSSR count). The fourth-order valence-corrected chi connectivity index (χ4v) is 1.57. The maximum Gasteiger partial charge on any atom is 0.326 e. The zero-order valence-corrected chi connectivity index (χ0v) is 11.3. The Morgan fingerprint density at radius 2 is 2.16 bits per heavy atom. The van der Waals surface area contributed by atoms with Gasteiger partial charge in [0, 0.05) is 6.07 Å². The Kier molecular flexibility index (Phi) is 5.35. The molecule has 0 unspecified atom stereocenters. The van der Waals surface area contributed by atoms with Crippen LogP contribution in [0.1, 0.15) is 31.7 Å². The quantitative estimate of drug-likeness (QED) is 0.721. The summed E-state index contributed by atoms with van der Waals surface area (Å²) in [5, 5.41) is 17.7. The minimum atomic E-state index is -1.04. The maximum atomic E-state index is 11.6. The third kappa shape index (κ3) is 5.41. The van der Waals surface area contributed by atoms with Gasteiger partial charge in [-0.1, -0.05) is 19.0 Å². The molecular formula is C12H19N3O4. The lowest BCUT2D eigenvalue weighted by Gasteiger charge is -2.16. The summed E-state index contributed by atoms with van der Waals surface area (Å²) in [6, 6.07) is 0.274. The highest BCUT2D eigenvalue weighted by molar-refractivity contribution is 5.82. The van der Waals surface area contributed by atoms with Gasteiger partial charge in [-0.05, 0) is 19.3 Å². The molecule has 2 amide bonds. The second-order valence-electron chi connectivity index (χ2n) is 4.78. The second kappa shape index (κ2) is 6.77. The van der Waals surface area contributed by atoms with Crippen LogP contribution in [0.15, 0.2) is 10.6 Å². The van der Waals surface area contributed by atoms with E-state index in [2.05, 4.69) is 15.8 Å². The van der Waals surface area contributed by atoms with Crippen molar-refractivity contribution in [1.82, 2.24) is 15.8 Å². The predicted octanol–water partition coefficient (Wildman–Crippen LogP) is 1.28. The molecule has 0 bridgehead atoms. The number of rotatable bonds is 6. The van der Waals surface area contributed by atoms with E-state index in [9.17, 15) is 9.59 Å². The Morgan fingerprint density at radius 1 is 1.47 bits per heavy atom. The molecule has 3 N–H and O–H groups in total. The lowest BCUT2D eigenvalue weighted by Crippen LogP contribution is -2.46. The molecule has 19 heavy (non-hydrogen) atoms. The van der Waals surface area contributed by atoms with Gasteiger partial charge in [0.1, 0.15) is 17.5 Å². The summed E-state index contributed by atoms with van der Waals surface area (Å²) in [7, 11) is 0. The van der Waals surface area contributed by atoms with Crippen LogP contribution in [0.3, 0.4) is 0 Å². The molecule has 1 aromatic rings. The van der Waals surface area contributed by atoms with E-state index in [0.717, 1.165) is 0 Å². The highest BCUT2D eigenvalue weighted by Gasteiger charge is 2.20. The van der Waals surface area contributed by atoms with Crippen LogP contribution in [0, 0.1) is 12.8 Å². The molecule has 0 fully saturated rings. The molecule has 0 aliphatic carbocycles. The first-order valence-corrected chi connectivity index (χ1v) is 6.08. The van der Waals surface area contributed by atoms with E-state index >= 15 is 0 Å². The van der Waals surface area contributed by atoms with Crippen LogP contribution in [0.4, 0.5) is 4.79 Å². The van der Waals surface area contributed by atoms with E-state index in [0.29, 0.717) is 17.9 Å². The summed E-state index contributed by atoms with van der Waals surface area (Å²) in [4.78, 5) is 22.6. The van der Waals surface area contributed by atoms with Crippen molar-refractivity contribution in [3.05, 3.63) is 17.5 Å². The average Bonchev–Trinajstić information content (AvgIpc) is 2.71. The van der Waals surface area contributed by atoms with Crippen LogP contribution in [-0.4, -0.2) is 28.3 Å². The average molecular weight is 269 g/mol. The summed E-state index contributed by atoms with van der Waals surface area (Å²) in [6.07, 6.45) is 0.381. The highest BCUT2D eigenvalue weighted by Crippen LogP contribution is 2.05. The van der Waals surface area contributed by atoms with E-state index < -0.39 is 18.0 Å². The molecular weight excluding hydrogens is 250 g/mol. The Morgan fingerprint density at radius 3 is 2.63 bits per heavy atom. The van der Waals surface area contributed by atoms with Crippen LogP contribution in [-0.2, 0) is 11.3 Å². The largest absolute Gasteiger partial charge is 0.480 e. The van der Waals surface area contributed by atoms with E-state index in [4.69, 9.17) is 9.63 Å². The predicted molar refractivity (Wildman–Crippen MR) is 67.5 cm³/mol. The molecule has 0 aliphatic heterocycles. The topological polar surface area (TPSA) is 104 Å². The lowest BCUT2D eigenvalue weighted by atomic mass is 10.0. The number of amides is 2. The summed E-state index contributed by atoms with van der Waals surface area (Å²) in [5.41, 5.74) is 0.586. The zero-order chi connectivity index (χ0) is 14.4. The molecule has 0 spiro atoms. The van der Waals surface area contributed by atoms with Crippen LogP contribution >= 0.6 is 0 Å². The van der Waals surface area contributed by atoms with Crippen molar-refractivity contribution < 1.29 is 19.2 Å². The number of nitrogens with one attached hydrogen (secondary N) is 2. The van der Waals surface area contributed by atoms with Gasteiger partial charge in [-0.2, -0.15) is 0 Å². The third-order valence-electron chi connectivity index (χ3n) is 2.42. The van der Waals surface area contributed by atoms with E-state index in [-0.39, 0.29) is 12.5 Å². The number of carboxylic acids is 1. The lowest BCUT2D eigenvalue weighted by molar-refractivity contribution is -0.139. The molecule has 0 aromatic carbocycles. The number of nitrogens with zero attached hydrogens (tertiary/aromatic N) is 1. The molecule has 0 saturated heterocycles. The SMILES string of the molecule is Cc1cc(CNC(=O)N[C@H](CC(C)C)C(=O)O)no1. The van der Waals surface area contributed by atoms with Gasteiger partial charge in [-0.25, -0.2) is 9.59 Å². The number of carboxylic acid groups (broad SMARTS) is 1. The molecule has 7 heteroatoms. The van der Waals surface area contributed by atoms with Gasteiger partial charge in [0.25, 0.3) is 0 Å². The first-order valence-electron chi connectivity index (χ1n) is 6.08.